The molecular formula is C9H13BrClN3O4S. The zero-order valence-corrected chi connectivity index (χ0v) is 13.1. The SMILES string of the molecule is Cc1c(Br)cc(S(=O)(=O)NCCN)cc1[N+](=O)[O-].Cl. The van der Waals surface area contributed by atoms with E-state index in [0.29, 0.717) is 10.0 Å². The van der Waals surface area contributed by atoms with Gasteiger partial charge in [-0.25, -0.2) is 13.1 Å². The molecule has 0 amide bonds. The van der Waals surface area contributed by atoms with E-state index >= 15 is 0 Å². The first-order chi connectivity index (χ1) is 8.29. The van der Waals surface area contributed by atoms with Crippen LogP contribution in [0.1, 0.15) is 5.56 Å². The maximum atomic E-state index is 11.8. The van der Waals surface area contributed by atoms with E-state index in [9.17, 15) is 18.5 Å². The number of sulfonamides is 1. The van der Waals surface area contributed by atoms with Crippen LogP contribution in [0.5, 0.6) is 0 Å². The number of nitro groups is 1. The molecule has 0 saturated carbocycles. The van der Waals surface area contributed by atoms with Crippen LogP contribution in [0.3, 0.4) is 0 Å². The summed E-state index contributed by atoms with van der Waals surface area (Å²) in [5.41, 5.74) is 5.32. The summed E-state index contributed by atoms with van der Waals surface area (Å²) in [6.07, 6.45) is 0. The highest BCUT2D eigenvalue weighted by Gasteiger charge is 2.21. The Bertz CT molecular complexity index is 579. The zero-order valence-electron chi connectivity index (χ0n) is 9.92. The summed E-state index contributed by atoms with van der Waals surface area (Å²) in [6.45, 7) is 1.75. The van der Waals surface area contributed by atoms with Gasteiger partial charge < -0.3 is 5.73 Å². The Morgan fingerprint density at radius 1 is 1.47 bits per heavy atom. The summed E-state index contributed by atoms with van der Waals surface area (Å²) >= 11 is 3.10. The van der Waals surface area contributed by atoms with E-state index < -0.39 is 14.9 Å². The van der Waals surface area contributed by atoms with E-state index in [1.165, 1.54) is 13.0 Å². The van der Waals surface area contributed by atoms with Crippen LogP contribution in [0.25, 0.3) is 0 Å². The lowest BCUT2D eigenvalue weighted by atomic mass is 10.2. The van der Waals surface area contributed by atoms with Gasteiger partial charge in [-0.05, 0) is 13.0 Å². The van der Waals surface area contributed by atoms with Crippen molar-refractivity contribution in [1.82, 2.24) is 4.72 Å². The second kappa shape index (κ2) is 7.15. The summed E-state index contributed by atoms with van der Waals surface area (Å²) < 4.78 is 26.2. The van der Waals surface area contributed by atoms with Gasteiger partial charge in [0.15, 0.2) is 0 Å². The second-order valence-corrected chi connectivity index (χ2v) is 6.11. The highest BCUT2D eigenvalue weighted by molar-refractivity contribution is 9.10. The molecular weight excluding hydrogens is 362 g/mol. The monoisotopic (exact) mass is 373 g/mol. The molecule has 108 valence electrons. The van der Waals surface area contributed by atoms with Crippen LogP contribution in [0, 0.1) is 17.0 Å². The van der Waals surface area contributed by atoms with Crippen LogP contribution in [0.2, 0.25) is 0 Å². The molecule has 0 aliphatic carbocycles. The molecule has 1 rings (SSSR count). The van der Waals surface area contributed by atoms with Crippen LogP contribution >= 0.6 is 28.3 Å². The molecule has 1 aromatic carbocycles. The molecule has 0 unspecified atom stereocenters. The average Bonchev–Trinajstić information content (AvgIpc) is 2.29. The maximum absolute atomic E-state index is 11.8. The normalized spacial score (nSPS) is 10.9. The zero-order chi connectivity index (χ0) is 13.9. The number of rotatable bonds is 5. The van der Waals surface area contributed by atoms with Crippen molar-refractivity contribution < 1.29 is 13.3 Å². The van der Waals surface area contributed by atoms with Gasteiger partial charge in [0.05, 0.1) is 9.82 Å². The van der Waals surface area contributed by atoms with E-state index in [-0.39, 0.29) is 36.1 Å². The van der Waals surface area contributed by atoms with Crippen molar-refractivity contribution in [2.45, 2.75) is 11.8 Å². The molecule has 0 atom stereocenters. The largest absolute Gasteiger partial charge is 0.329 e. The Balaban J connectivity index is 0.00000324. The summed E-state index contributed by atoms with van der Waals surface area (Å²) in [7, 11) is -3.78. The van der Waals surface area contributed by atoms with E-state index in [2.05, 4.69) is 20.7 Å². The molecule has 0 fully saturated rings. The van der Waals surface area contributed by atoms with E-state index in [0.717, 1.165) is 6.07 Å². The number of hydrogen-bond donors (Lipinski definition) is 2. The fourth-order valence-electron chi connectivity index (χ4n) is 1.26. The number of halogens is 2. The lowest BCUT2D eigenvalue weighted by Crippen LogP contribution is -2.29. The van der Waals surface area contributed by atoms with Crippen LogP contribution in [-0.4, -0.2) is 26.4 Å². The van der Waals surface area contributed by atoms with Crippen molar-refractivity contribution in [2.24, 2.45) is 5.73 Å². The molecule has 0 heterocycles. The number of benzene rings is 1. The number of nitro benzene ring substituents is 1. The predicted molar refractivity (Wildman–Crippen MR) is 77.0 cm³/mol. The first-order valence-electron chi connectivity index (χ1n) is 4.94. The minimum absolute atomic E-state index is 0. The fourth-order valence-corrected chi connectivity index (χ4v) is 2.96. The minimum Gasteiger partial charge on any atom is -0.329 e. The van der Waals surface area contributed by atoms with Gasteiger partial charge >= 0.3 is 0 Å². The molecule has 10 heteroatoms. The second-order valence-electron chi connectivity index (χ2n) is 3.49. The van der Waals surface area contributed by atoms with Gasteiger partial charge in [-0.3, -0.25) is 10.1 Å². The van der Waals surface area contributed by atoms with Crippen molar-refractivity contribution in [1.29, 1.82) is 0 Å². The summed E-state index contributed by atoms with van der Waals surface area (Å²) in [5.74, 6) is 0. The van der Waals surface area contributed by atoms with Crippen LogP contribution in [0.15, 0.2) is 21.5 Å². The topological polar surface area (TPSA) is 115 Å². The predicted octanol–water partition coefficient (Wildman–Crippen LogP) is 1.32. The molecule has 0 radical (unpaired) electrons. The lowest BCUT2D eigenvalue weighted by molar-refractivity contribution is -0.385. The number of nitrogens with zero attached hydrogens (tertiary/aromatic N) is 1. The quantitative estimate of drug-likeness (QED) is 0.596. The van der Waals surface area contributed by atoms with Crippen molar-refractivity contribution in [3.8, 4) is 0 Å². The van der Waals surface area contributed by atoms with Crippen molar-refractivity contribution >= 4 is 44.0 Å². The Morgan fingerprint density at radius 3 is 2.53 bits per heavy atom. The highest BCUT2D eigenvalue weighted by atomic mass is 79.9. The fraction of sp³-hybridized carbons (Fsp3) is 0.333. The maximum Gasteiger partial charge on any atom is 0.274 e. The van der Waals surface area contributed by atoms with Gasteiger partial charge in [0, 0.05) is 29.2 Å². The summed E-state index contributed by atoms with van der Waals surface area (Å²) in [5, 5.41) is 10.8. The first-order valence-corrected chi connectivity index (χ1v) is 7.21. The number of nitrogens with one attached hydrogen (secondary N) is 1. The summed E-state index contributed by atoms with van der Waals surface area (Å²) in [6, 6.07) is 2.35. The van der Waals surface area contributed by atoms with E-state index in [4.69, 9.17) is 5.73 Å². The van der Waals surface area contributed by atoms with Gasteiger partial charge in [-0.2, -0.15) is 0 Å². The standard InChI is InChI=1S/C9H12BrN3O4S.ClH/c1-6-8(10)4-7(5-9(6)13(14)15)18(16,17)12-3-2-11;/h4-5,12H,2-3,11H2,1H3;1H. The third kappa shape index (κ3) is 4.39. The van der Waals surface area contributed by atoms with Crippen LogP contribution < -0.4 is 10.5 Å². The molecule has 0 spiro atoms. The molecule has 0 aromatic heterocycles. The molecule has 0 aliphatic rings. The third-order valence-electron chi connectivity index (χ3n) is 2.23. The van der Waals surface area contributed by atoms with Gasteiger partial charge in [0.2, 0.25) is 10.0 Å². The van der Waals surface area contributed by atoms with Crippen LogP contribution in [-0.2, 0) is 10.0 Å². The molecule has 0 bridgehead atoms. The Kier molecular flexibility index (Phi) is 6.87. The average molecular weight is 375 g/mol. The molecule has 1 aromatic rings. The number of nitrogens with two attached hydrogens (primary N) is 1. The van der Waals surface area contributed by atoms with Crippen molar-refractivity contribution in [3.63, 3.8) is 0 Å². The van der Waals surface area contributed by atoms with Crippen LogP contribution in [0.4, 0.5) is 5.69 Å². The van der Waals surface area contributed by atoms with E-state index in [1.54, 1.807) is 0 Å². The number of hydrogen-bond acceptors (Lipinski definition) is 5. The highest BCUT2D eigenvalue weighted by Crippen LogP contribution is 2.29. The molecule has 0 aliphatic heterocycles. The summed E-state index contributed by atoms with van der Waals surface area (Å²) in [4.78, 5) is 10.0. The Hall–Kier alpha value is -0.740. The minimum atomic E-state index is -3.78. The molecule has 7 nitrogen and oxygen atoms in total. The van der Waals surface area contributed by atoms with Crippen molar-refractivity contribution in [3.05, 3.63) is 32.3 Å². The van der Waals surface area contributed by atoms with Gasteiger partial charge in [0.25, 0.3) is 5.69 Å². The molecule has 19 heavy (non-hydrogen) atoms. The first kappa shape index (κ1) is 18.3. The van der Waals surface area contributed by atoms with Crippen molar-refractivity contribution in [2.75, 3.05) is 13.1 Å². The third-order valence-corrected chi connectivity index (χ3v) is 4.50. The van der Waals surface area contributed by atoms with E-state index in [1.807, 2.05) is 0 Å². The molecule has 3 N–H and O–H groups in total. The molecule has 0 saturated heterocycles. The Morgan fingerprint density at radius 2 is 2.05 bits per heavy atom. The smallest absolute Gasteiger partial charge is 0.274 e. The van der Waals surface area contributed by atoms with Gasteiger partial charge in [-0.15, -0.1) is 12.4 Å². The lowest BCUT2D eigenvalue weighted by Gasteiger charge is -2.07. The van der Waals surface area contributed by atoms with Gasteiger partial charge in [-0.1, -0.05) is 15.9 Å². The Labute approximate surface area is 125 Å². The van der Waals surface area contributed by atoms with Gasteiger partial charge in [0.1, 0.15) is 0 Å².